The molecule has 0 amide bonds. The maximum atomic E-state index is 12.5. The molecule has 0 aliphatic carbocycles. The van der Waals surface area contributed by atoms with Gasteiger partial charge >= 0.3 is 5.82 Å². The molecule has 1 aromatic heterocycles. The van der Waals surface area contributed by atoms with E-state index in [1.165, 1.54) is 6.07 Å². The summed E-state index contributed by atoms with van der Waals surface area (Å²) in [5.41, 5.74) is 3.24. The van der Waals surface area contributed by atoms with Crippen molar-refractivity contribution in [2.45, 2.75) is 26.2 Å². The third-order valence-corrected chi connectivity index (χ3v) is 4.76. The van der Waals surface area contributed by atoms with Gasteiger partial charge in [-0.15, -0.1) is 0 Å². The number of likely N-dealkylation sites (N-methyl/N-ethyl adjacent to an activating group) is 1. The normalized spacial score (nSPS) is 16.3. The summed E-state index contributed by atoms with van der Waals surface area (Å²) >= 11 is 0. The van der Waals surface area contributed by atoms with Crippen LogP contribution in [0.2, 0.25) is 0 Å². The molecule has 27 heavy (non-hydrogen) atoms. The molecule has 7 nitrogen and oxygen atoms in total. The predicted octanol–water partition coefficient (Wildman–Crippen LogP) is 3.56. The number of ketones is 1. The summed E-state index contributed by atoms with van der Waals surface area (Å²) in [5, 5.41) is 11.1. The van der Waals surface area contributed by atoms with E-state index in [-0.39, 0.29) is 29.4 Å². The fourth-order valence-corrected chi connectivity index (χ4v) is 3.38. The maximum absolute atomic E-state index is 12.5. The molecule has 0 unspecified atom stereocenters. The number of hydrogen-bond acceptors (Lipinski definition) is 6. The summed E-state index contributed by atoms with van der Waals surface area (Å²) in [6.07, 6.45) is 1.55. The van der Waals surface area contributed by atoms with Crippen molar-refractivity contribution in [2.75, 3.05) is 18.6 Å². The van der Waals surface area contributed by atoms with Crippen molar-refractivity contribution in [1.29, 1.82) is 0 Å². The van der Waals surface area contributed by atoms with Crippen LogP contribution in [0.25, 0.3) is 0 Å². The first kappa shape index (κ1) is 18.6. The highest BCUT2D eigenvalue weighted by Gasteiger charge is 2.38. The van der Waals surface area contributed by atoms with Crippen molar-refractivity contribution in [1.82, 2.24) is 4.98 Å². The van der Waals surface area contributed by atoms with Crippen LogP contribution in [0.1, 0.15) is 25.1 Å². The lowest BCUT2D eigenvalue weighted by Gasteiger charge is -2.23. The molecule has 1 aliphatic rings. The fraction of sp³-hybridized carbons (Fsp3) is 0.300. The van der Waals surface area contributed by atoms with Crippen LogP contribution in [0.3, 0.4) is 0 Å². The van der Waals surface area contributed by atoms with Gasteiger partial charge in [-0.05, 0) is 33.7 Å². The molecule has 7 heteroatoms. The van der Waals surface area contributed by atoms with Gasteiger partial charge < -0.3 is 19.8 Å². The van der Waals surface area contributed by atoms with E-state index in [1.54, 1.807) is 19.1 Å². The lowest BCUT2D eigenvalue weighted by Crippen LogP contribution is -2.25. The Morgan fingerprint density at radius 1 is 1.30 bits per heavy atom. The number of para-hydroxylation sites is 1. The van der Waals surface area contributed by atoms with Crippen LogP contribution >= 0.6 is 0 Å². The molecule has 1 aromatic carbocycles. The summed E-state index contributed by atoms with van der Waals surface area (Å²) in [6, 6.07) is 11.1. The van der Waals surface area contributed by atoms with Crippen molar-refractivity contribution < 1.29 is 14.5 Å². The molecule has 1 aliphatic heterocycles. The number of allylic oxidation sites excluding steroid dienone is 1. The first-order valence-electron chi connectivity index (χ1n) is 8.55. The topological polar surface area (TPSA) is 85.6 Å². The van der Waals surface area contributed by atoms with Gasteiger partial charge in [-0.2, -0.15) is 0 Å². The van der Waals surface area contributed by atoms with Gasteiger partial charge in [0.1, 0.15) is 5.69 Å². The third-order valence-electron chi connectivity index (χ3n) is 4.76. The molecular weight excluding hydrogens is 346 g/mol. The summed E-state index contributed by atoms with van der Waals surface area (Å²) < 4.78 is 5.39. The van der Waals surface area contributed by atoms with Crippen LogP contribution in [-0.4, -0.2) is 29.3 Å². The lowest BCUT2D eigenvalue weighted by molar-refractivity contribution is -0.390. The van der Waals surface area contributed by atoms with E-state index in [2.05, 4.69) is 24.9 Å². The Balaban J connectivity index is 1.80. The minimum Gasteiger partial charge on any atom is -0.477 e. The summed E-state index contributed by atoms with van der Waals surface area (Å²) in [5.74, 6) is -0.673. The number of aryl methyl sites for hydroxylation is 1. The molecule has 2 heterocycles. The third kappa shape index (κ3) is 3.40. The van der Waals surface area contributed by atoms with Crippen molar-refractivity contribution in [3.8, 4) is 5.75 Å². The van der Waals surface area contributed by atoms with E-state index in [4.69, 9.17) is 4.74 Å². The Morgan fingerprint density at radius 3 is 2.67 bits per heavy atom. The van der Waals surface area contributed by atoms with E-state index in [1.807, 2.05) is 30.1 Å². The number of carbonyl (C=O) groups is 1. The standard InChI is InChI=1S/C20H21N3O4/c1-13-9-10-17(19(21-13)23(25)26)27-12-14(24)11-18-20(2,3)15-7-5-6-8-16(15)22(18)4/h5-11H,12H2,1-4H3/b18-11-. The number of hydrogen-bond donors (Lipinski definition) is 0. The molecule has 140 valence electrons. The molecule has 0 saturated carbocycles. The van der Waals surface area contributed by atoms with E-state index in [0.29, 0.717) is 5.69 Å². The van der Waals surface area contributed by atoms with Gasteiger partial charge in [0.25, 0.3) is 0 Å². The van der Waals surface area contributed by atoms with Crippen molar-refractivity contribution in [3.05, 3.63) is 69.5 Å². The summed E-state index contributed by atoms with van der Waals surface area (Å²) in [7, 11) is 1.92. The minimum absolute atomic E-state index is 0.0142. The molecule has 0 radical (unpaired) electrons. The summed E-state index contributed by atoms with van der Waals surface area (Å²) in [4.78, 5) is 28.8. The van der Waals surface area contributed by atoms with Crippen LogP contribution in [-0.2, 0) is 10.2 Å². The zero-order valence-electron chi connectivity index (χ0n) is 15.7. The predicted molar refractivity (Wildman–Crippen MR) is 102 cm³/mol. The number of aromatic nitrogens is 1. The van der Waals surface area contributed by atoms with E-state index < -0.39 is 4.92 Å². The van der Waals surface area contributed by atoms with Gasteiger partial charge in [0.05, 0.1) is 0 Å². The van der Waals surface area contributed by atoms with Gasteiger partial charge in [-0.1, -0.05) is 32.0 Å². The molecule has 0 spiro atoms. The number of ether oxygens (including phenoxy) is 1. The smallest absolute Gasteiger partial charge is 0.406 e. The molecular formula is C20H21N3O4. The second-order valence-corrected chi connectivity index (χ2v) is 7.02. The Labute approximate surface area is 157 Å². The fourth-order valence-electron chi connectivity index (χ4n) is 3.38. The minimum atomic E-state index is -0.615. The number of pyridine rings is 1. The van der Waals surface area contributed by atoms with Crippen molar-refractivity contribution in [3.63, 3.8) is 0 Å². The van der Waals surface area contributed by atoms with Crippen molar-refractivity contribution >= 4 is 17.3 Å². The zero-order chi connectivity index (χ0) is 19.8. The SMILES string of the molecule is Cc1ccc(OCC(=O)/C=C2\N(C)c3ccccc3C2(C)C)c([N+](=O)[O-])n1. The average Bonchev–Trinajstić information content (AvgIpc) is 2.82. The van der Waals surface area contributed by atoms with Gasteiger partial charge in [-0.25, -0.2) is 0 Å². The van der Waals surface area contributed by atoms with E-state index in [0.717, 1.165) is 16.9 Å². The van der Waals surface area contributed by atoms with Crippen LogP contribution in [0, 0.1) is 17.0 Å². The highest BCUT2D eigenvalue weighted by molar-refractivity contribution is 5.93. The maximum Gasteiger partial charge on any atom is 0.406 e. The second-order valence-electron chi connectivity index (χ2n) is 7.02. The Morgan fingerprint density at radius 2 is 2.00 bits per heavy atom. The molecule has 0 saturated heterocycles. The first-order valence-corrected chi connectivity index (χ1v) is 8.55. The summed E-state index contributed by atoms with van der Waals surface area (Å²) in [6.45, 7) is 5.48. The highest BCUT2D eigenvalue weighted by Crippen LogP contribution is 2.46. The number of benzene rings is 1. The molecule has 0 fully saturated rings. The number of nitrogens with zero attached hydrogens (tertiary/aromatic N) is 3. The highest BCUT2D eigenvalue weighted by atomic mass is 16.6. The first-order chi connectivity index (χ1) is 12.7. The number of carbonyl (C=O) groups excluding carboxylic acids is 1. The second kappa shape index (κ2) is 6.83. The number of nitro groups is 1. The Hall–Kier alpha value is -3.22. The van der Waals surface area contributed by atoms with Crippen LogP contribution in [0.5, 0.6) is 5.75 Å². The van der Waals surface area contributed by atoms with Gasteiger partial charge in [0.2, 0.25) is 5.75 Å². The van der Waals surface area contributed by atoms with Gasteiger partial charge in [-0.3, -0.25) is 4.79 Å². The molecule has 2 aromatic rings. The Bertz CT molecular complexity index is 950. The Kier molecular flexibility index (Phi) is 4.70. The number of anilines is 1. The lowest BCUT2D eigenvalue weighted by atomic mass is 9.83. The number of fused-ring (bicyclic) bond motifs is 1. The van der Waals surface area contributed by atoms with Gasteiger partial charge in [0.15, 0.2) is 12.4 Å². The van der Waals surface area contributed by atoms with Crippen LogP contribution in [0.4, 0.5) is 11.5 Å². The molecule has 3 rings (SSSR count). The molecule has 0 bridgehead atoms. The van der Waals surface area contributed by atoms with Gasteiger partial charge in [0, 0.05) is 36.8 Å². The molecule has 0 N–H and O–H groups in total. The monoisotopic (exact) mass is 367 g/mol. The van der Waals surface area contributed by atoms with E-state index >= 15 is 0 Å². The average molecular weight is 367 g/mol. The van der Waals surface area contributed by atoms with Crippen LogP contribution < -0.4 is 9.64 Å². The van der Waals surface area contributed by atoms with E-state index in [9.17, 15) is 14.9 Å². The largest absolute Gasteiger partial charge is 0.477 e. The van der Waals surface area contributed by atoms with Crippen LogP contribution in [0.15, 0.2) is 48.2 Å². The van der Waals surface area contributed by atoms with Crippen molar-refractivity contribution in [2.24, 2.45) is 0 Å². The number of rotatable bonds is 5. The molecule has 0 atom stereocenters. The zero-order valence-corrected chi connectivity index (χ0v) is 15.7. The quantitative estimate of drug-likeness (QED) is 0.456.